The number of carbonyl (C=O) groups is 1. The van der Waals surface area contributed by atoms with Gasteiger partial charge in [0, 0.05) is 33.3 Å². The maximum absolute atomic E-state index is 12.7. The summed E-state index contributed by atoms with van der Waals surface area (Å²) in [7, 11) is 0. The highest BCUT2D eigenvalue weighted by atomic mass is 35.5. The molecule has 0 amide bonds. The summed E-state index contributed by atoms with van der Waals surface area (Å²) < 4.78 is 0. The fourth-order valence-corrected chi connectivity index (χ4v) is 4.06. The number of rotatable bonds is 1. The van der Waals surface area contributed by atoms with Crippen LogP contribution in [0.15, 0.2) is 53.7 Å². The van der Waals surface area contributed by atoms with Crippen molar-refractivity contribution in [3.8, 4) is 0 Å². The van der Waals surface area contributed by atoms with Crippen LogP contribution in [0.2, 0.25) is 10.0 Å². The molecular formula is C19H16Cl2N2O. The largest absolute Gasteiger partial charge is 0.372 e. The van der Waals surface area contributed by atoms with Crippen LogP contribution in [-0.2, 0) is 4.79 Å². The van der Waals surface area contributed by atoms with E-state index in [0.29, 0.717) is 16.5 Å². The molecule has 0 saturated carbocycles. The van der Waals surface area contributed by atoms with E-state index in [1.54, 1.807) is 0 Å². The van der Waals surface area contributed by atoms with Crippen molar-refractivity contribution in [2.45, 2.75) is 25.3 Å². The van der Waals surface area contributed by atoms with Gasteiger partial charge in [-0.1, -0.05) is 41.4 Å². The summed E-state index contributed by atoms with van der Waals surface area (Å²) in [6.45, 7) is 0. The highest BCUT2D eigenvalue weighted by molar-refractivity contribution is 6.36. The molecule has 24 heavy (non-hydrogen) atoms. The van der Waals surface area contributed by atoms with Crippen LogP contribution in [0.3, 0.4) is 0 Å². The van der Waals surface area contributed by atoms with E-state index in [1.807, 2.05) is 42.5 Å². The smallest absolute Gasteiger partial charge is 0.163 e. The molecule has 5 heteroatoms. The molecule has 1 atom stereocenters. The standard InChI is InChI=1S/C19H16Cl2N2O/c20-11-5-3-6-12(21)17(11)19-18-15(9-4-10-16(18)24)22-13-7-1-2-8-14(13)23-19/h1-3,5-8,19,22-23H,4,9-10H2. The minimum atomic E-state index is -0.356. The zero-order valence-electron chi connectivity index (χ0n) is 12.9. The molecule has 2 aromatic rings. The van der Waals surface area contributed by atoms with Crippen molar-refractivity contribution >= 4 is 40.4 Å². The summed E-state index contributed by atoms with van der Waals surface area (Å²) in [5.74, 6) is 0.144. The summed E-state index contributed by atoms with van der Waals surface area (Å²) in [4.78, 5) is 12.7. The Balaban J connectivity index is 1.94. The molecule has 4 rings (SSSR count). The second-order valence-electron chi connectivity index (χ2n) is 6.05. The Labute approximate surface area is 150 Å². The number of fused-ring (bicyclic) bond motifs is 1. The fourth-order valence-electron chi connectivity index (χ4n) is 3.44. The van der Waals surface area contributed by atoms with Crippen molar-refractivity contribution in [3.05, 3.63) is 69.3 Å². The van der Waals surface area contributed by atoms with E-state index in [0.717, 1.165) is 41.1 Å². The third-order valence-electron chi connectivity index (χ3n) is 4.55. The predicted molar refractivity (Wildman–Crippen MR) is 98.8 cm³/mol. The average Bonchev–Trinajstić information content (AvgIpc) is 2.72. The van der Waals surface area contributed by atoms with Gasteiger partial charge in [-0.05, 0) is 37.1 Å². The highest BCUT2D eigenvalue weighted by Gasteiger charge is 2.33. The van der Waals surface area contributed by atoms with Crippen LogP contribution < -0.4 is 10.6 Å². The van der Waals surface area contributed by atoms with Gasteiger partial charge in [-0.25, -0.2) is 0 Å². The minimum absolute atomic E-state index is 0.144. The topological polar surface area (TPSA) is 41.1 Å². The van der Waals surface area contributed by atoms with Gasteiger partial charge in [-0.3, -0.25) is 4.79 Å². The second kappa shape index (κ2) is 6.15. The summed E-state index contributed by atoms with van der Waals surface area (Å²) in [6, 6.07) is 13.0. The first-order valence-electron chi connectivity index (χ1n) is 7.98. The van der Waals surface area contributed by atoms with E-state index < -0.39 is 0 Å². The molecule has 3 nitrogen and oxygen atoms in total. The quantitative estimate of drug-likeness (QED) is 0.698. The van der Waals surface area contributed by atoms with Crippen molar-refractivity contribution in [2.75, 3.05) is 10.6 Å². The summed E-state index contributed by atoms with van der Waals surface area (Å²) in [5.41, 5.74) is 4.35. The van der Waals surface area contributed by atoms with Gasteiger partial charge in [-0.2, -0.15) is 0 Å². The van der Waals surface area contributed by atoms with Gasteiger partial charge in [0.1, 0.15) is 0 Å². The number of hydrogen-bond donors (Lipinski definition) is 2. The third-order valence-corrected chi connectivity index (χ3v) is 5.20. The van der Waals surface area contributed by atoms with Gasteiger partial charge in [0.25, 0.3) is 0 Å². The lowest BCUT2D eigenvalue weighted by Crippen LogP contribution is -2.24. The fraction of sp³-hybridized carbons (Fsp3) is 0.211. The average molecular weight is 359 g/mol. The molecule has 1 aliphatic carbocycles. The van der Waals surface area contributed by atoms with Crippen LogP contribution in [0.5, 0.6) is 0 Å². The Morgan fingerprint density at radius 2 is 1.62 bits per heavy atom. The number of anilines is 2. The molecule has 0 aromatic heterocycles. The Morgan fingerprint density at radius 1 is 0.917 bits per heavy atom. The number of carbonyl (C=O) groups excluding carboxylic acids is 1. The first-order valence-corrected chi connectivity index (χ1v) is 8.73. The van der Waals surface area contributed by atoms with Crippen molar-refractivity contribution in [1.82, 2.24) is 0 Å². The molecule has 0 bridgehead atoms. The van der Waals surface area contributed by atoms with Gasteiger partial charge in [0.05, 0.1) is 17.4 Å². The Morgan fingerprint density at radius 3 is 2.38 bits per heavy atom. The second-order valence-corrected chi connectivity index (χ2v) is 6.87. The Kier molecular flexibility index (Phi) is 3.99. The van der Waals surface area contributed by atoms with E-state index in [1.165, 1.54) is 0 Å². The maximum Gasteiger partial charge on any atom is 0.163 e. The molecule has 122 valence electrons. The van der Waals surface area contributed by atoms with Crippen LogP contribution in [0.1, 0.15) is 30.9 Å². The lowest BCUT2D eigenvalue weighted by Gasteiger charge is -2.26. The molecule has 1 aliphatic heterocycles. The van der Waals surface area contributed by atoms with Crippen molar-refractivity contribution in [1.29, 1.82) is 0 Å². The van der Waals surface area contributed by atoms with Gasteiger partial charge in [-0.15, -0.1) is 0 Å². The number of allylic oxidation sites excluding steroid dienone is 1. The minimum Gasteiger partial charge on any atom is -0.372 e. The molecule has 1 heterocycles. The third kappa shape index (κ3) is 2.58. The molecular weight excluding hydrogens is 343 g/mol. The van der Waals surface area contributed by atoms with Gasteiger partial charge in [0.2, 0.25) is 0 Å². The van der Waals surface area contributed by atoms with Crippen LogP contribution in [0.25, 0.3) is 0 Å². The predicted octanol–water partition coefficient (Wildman–Crippen LogP) is 5.58. The lowest BCUT2D eigenvalue weighted by atomic mass is 9.86. The number of para-hydroxylation sites is 2. The molecule has 0 radical (unpaired) electrons. The zero-order valence-corrected chi connectivity index (χ0v) is 14.4. The zero-order chi connectivity index (χ0) is 16.7. The molecule has 0 fully saturated rings. The number of nitrogens with one attached hydrogen (secondary N) is 2. The van der Waals surface area contributed by atoms with Crippen LogP contribution in [0.4, 0.5) is 11.4 Å². The van der Waals surface area contributed by atoms with E-state index in [4.69, 9.17) is 23.2 Å². The number of ketones is 1. The highest BCUT2D eigenvalue weighted by Crippen LogP contribution is 2.44. The van der Waals surface area contributed by atoms with Gasteiger partial charge in [0.15, 0.2) is 5.78 Å². The van der Waals surface area contributed by atoms with E-state index in [-0.39, 0.29) is 11.8 Å². The number of halogens is 2. The Bertz CT molecular complexity index is 840. The van der Waals surface area contributed by atoms with Crippen molar-refractivity contribution in [3.63, 3.8) is 0 Å². The van der Waals surface area contributed by atoms with Crippen LogP contribution >= 0.6 is 23.2 Å². The summed E-state index contributed by atoms with van der Waals surface area (Å²) >= 11 is 12.9. The van der Waals surface area contributed by atoms with Gasteiger partial charge < -0.3 is 10.6 Å². The SMILES string of the molecule is O=C1CCCC2=C1C(c1c(Cl)cccc1Cl)Nc1ccccc1N2. The molecule has 2 aliphatic rings. The number of hydrogen-bond acceptors (Lipinski definition) is 3. The van der Waals surface area contributed by atoms with Gasteiger partial charge >= 0.3 is 0 Å². The summed E-state index contributed by atoms with van der Waals surface area (Å²) in [5, 5.41) is 8.04. The van der Waals surface area contributed by atoms with Crippen LogP contribution in [0, 0.1) is 0 Å². The number of Topliss-reactive ketones (excluding diaryl/α,β-unsaturated/α-hetero) is 1. The first-order chi connectivity index (χ1) is 11.6. The van der Waals surface area contributed by atoms with E-state index in [9.17, 15) is 4.79 Å². The normalized spacial score (nSPS) is 19.8. The Hall–Kier alpha value is -1.97. The van der Waals surface area contributed by atoms with Crippen molar-refractivity contribution in [2.24, 2.45) is 0 Å². The van der Waals surface area contributed by atoms with E-state index in [2.05, 4.69) is 10.6 Å². The molecule has 0 saturated heterocycles. The first kappa shape index (κ1) is 15.6. The molecule has 2 aromatic carbocycles. The molecule has 2 N–H and O–H groups in total. The summed E-state index contributed by atoms with van der Waals surface area (Å²) in [6.07, 6.45) is 2.25. The monoisotopic (exact) mass is 358 g/mol. The van der Waals surface area contributed by atoms with E-state index >= 15 is 0 Å². The van der Waals surface area contributed by atoms with Crippen molar-refractivity contribution < 1.29 is 4.79 Å². The maximum atomic E-state index is 12.7. The molecule has 0 spiro atoms. The molecule has 1 unspecified atom stereocenters. The lowest BCUT2D eigenvalue weighted by molar-refractivity contribution is -0.116. The van der Waals surface area contributed by atoms with Crippen LogP contribution in [-0.4, -0.2) is 5.78 Å². The number of benzene rings is 2.